The highest BCUT2D eigenvalue weighted by molar-refractivity contribution is 6.32. The normalized spacial score (nSPS) is 19.7. The predicted molar refractivity (Wildman–Crippen MR) is 117 cm³/mol. The number of benzene rings is 2. The smallest absolute Gasteiger partial charge is 0.349 e. The highest BCUT2D eigenvalue weighted by Crippen LogP contribution is 2.30. The zero-order chi connectivity index (χ0) is 23.0. The third-order valence-electron chi connectivity index (χ3n) is 4.83. The number of hydrogen-bond acceptors (Lipinski definition) is 5. The summed E-state index contributed by atoms with van der Waals surface area (Å²) in [6.07, 6.45) is 2.59. The number of nitrogens with zero attached hydrogens (tertiary/aromatic N) is 3. The van der Waals surface area contributed by atoms with E-state index in [0.717, 1.165) is 11.1 Å². The Labute approximate surface area is 188 Å². The topological polar surface area (TPSA) is 96.3 Å². The molecular formula is C23H16ClN3O5. The Hall–Kier alpha value is -4.04. The molecular weight excluding hydrogens is 434 g/mol. The molecule has 0 aliphatic carbocycles. The van der Waals surface area contributed by atoms with Crippen LogP contribution in [-0.4, -0.2) is 46.4 Å². The quantitative estimate of drug-likeness (QED) is 0.302. The zero-order valence-corrected chi connectivity index (χ0v) is 17.8. The van der Waals surface area contributed by atoms with E-state index < -0.39 is 23.6 Å². The van der Waals surface area contributed by atoms with Crippen molar-refractivity contribution in [2.75, 3.05) is 7.05 Å². The first-order valence-electron chi connectivity index (χ1n) is 9.48. The molecule has 0 spiro atoms. The van der Waals surface area contributed by atoms with Crippen LogP contribution in [0.4, 0.5) is 0 Å². The molecule has 0 N–H and O–H groups in total. The molecule has 2 aliphatic heterocycles. The van der Waals surface area contributed by atoms with Gasteiger partial charge in [0.25, 0.3) is 5.91 Å². The van der Waals surface area contributed by atoms with Gasteiger partial charge in [-0.05, 0) is 29.8 Å². The molecule has 8 nitrogen and oxygen atoms in total. The Kier molecular flexibility index (Phi) is 5.46. The summed E-state index contributed by atoms with van der Waals surface area (Å²) in [6.45, 7) is 1.22. The fourth-order valence-corrected chi connectivity index (χ4v) is 3.48. The summed E-state index contributed by atoms with van der Waals surface area (Å²) < 4.78 is 5.22. The van der Waals surface area contributed by atoms with E-state index >= 15 is 0 Å². The van der Waals surface area contributed by atoms with Crippen molar-refractivity contribution in [3.8, 4) is 5.75 Å². The molecule has 0 saturated carbocycles. The van der Waals surface area contributed by atoms with Crippen molar-refractivity contribution in [2.45, 2.75) is 6.92 Å². The molecule has 0 unspecified atom stereocenters. The highest BCUT2D eigenvalue weighted by Gasteiger charge is 2.39. The number of amides is 2. The van der Waals surface area contributed by atoms with Gasteiger partial charge in [0.15, 0.2) is 0 Å². The van der Waals surface area contributed by atoms with Crippen molar-refractivity contribution in [1.82, 2.24) is 9.80 Å². The number of Topliss-reactive ketones (excluding diaryl/α,β-unsaturated/α-hetero) is 1. The number of halogens is 1. The predicted octanol–water partition coefficient (Wildman–Crippen LogP) is 3.04. The van der Waals surface area contributed by atoms with Crippen molar-refractivity contribution >= 4 is 47.2 Å². The van der Waals surface area contributed by atoms with Gasteiger partial charge in [-0.25, -0.2) is 4.79 Å². The number of guanidine groups is 1. The van der Waals surface area contributed by atoms with Crippen molar-refractivity contribution in [2.24, 2.45) is 4.99 Å². The summed E-state index contributed by atoms with van der Waals surface area (Å²) in [5, 5.41) is 0.422. The van der Waals surface area contributed by atoms with Gasteiger partial charge in [-0.3, -0.25) is 19.3 Å². The Morgan fingerprint density at radius 2 is 1.75 bits per heavy atom. The molecule has 9 heteroatoms. The highest BCUT2D eigenvalue weighted by atomic mass is 35.5. The largest absolute Gasteiger partial charge is 0.422 e. The number of para-hydroxylation sites is 1. The minimum Gasteiger partial charge on any atom is -0.422 e. The van der Waals surface area contributed by atoms with Crippen LogP contribution in [0.1, 0.15) is 22.8 Å². The van der Waals surface area contributed by atoms with Crippen LogP contribution in [0.3, 0.4) is 0 Å². The summed E-state index contributed by atoms with van der Waals surface area (Å²) in [5.74, 6) is -2.59. The second-order valence-corrected chi connectivity index (χ2v) is 7.38. The van der Waals surface area contributed by atoms with Crippen LogP contribution in [0.25, 0.3) is 6.08 Å². The van der Waals surface area contributed by atoms with Crippen LogP contribution in [0.15, 0.2) is 71.0 Å². The van der Waals surface area contributed by atoms with E-state index in [-0.39, 0.29) is 28.5 Å². The molecule has 4 rings (SSSR count). The summed E-state index contributed by atoms with van der Waals surface area (Å²) >= 11 is 6.21. The lowest BCUT2D eigenvalue weighted by Crippen LogP contribution is -2.33. The molecule has 2 aromatic rings. The lowest BCUT2D eigenvalue weighted by molar-refractivity contribution is -0.130. The number of esters is 1. The van der Waals surface area contributed by atoms with E-state index in [4.69, 9.17) is 16.3 Å². The third-order valence-corrected chi connectivity index (χ3v) is 5.17. The fraction of sp³-hybridized carbons (Fsp3) is 0.0870. The minimum absolute atomic E-state index is 0.0623. The first-order chi connectivity index (χ1) is 15.3. The standard InChI is InChI=1S/C23H16ClN3O5/c1-13(28)25-23-26(2)18(11-14-7-3-5-9-17(14)24)21(30)27(23)12-16-20(29)15-8-4-6-10-19(15)32-22(16)31/h3-12H,1-2H3/b16-12-,18-11-,25-23?. The lowest BCUT2D eigenvalue weighted by atomic mass is 10.0. The first kappa shape index (κ1) is 21.2. The Bertz CT molecular complexity index is 1280. The van der Waals surface area contributed by atoms with Crippen molar-refractivity contribution in [3.05, 3.63) is 82.2 Å². The maximum atomic E-state index is 13.2. The molecule has 1 saturated heterocycles. The molecule has 0 aromatic heterocycles. The molecule has 0 radical (unpaired) electrons. The SMILES string of the molecule is CC(=O)N=C1N(/C=C2\C(=O)Oc3ccccc3C2=O)C(=O)/C(=C/c2ccccc2Cl)N1C. The van der Waals surface area contributed by atoms with Gasteiger partial charge < -0.3 is 9.64 Å². The molecule has 0 atom stereocenters. The third kappa shape index (κ3) is 3.72. The van der Waals surface area contributed by atoms with Crippen molar-refractivity contribution in [1.29, 1.82) is 0 Å². The summed E-state index contributed by atoms with van der Waals surface area (Å²) in [6, 6.07) is 13.2. The molecule has 2 amide bonds. The number of rotatable bonds is 2. The molecule has 160 valence electrons. The van der Waals surface area contributed by atoms with Crippen LogP contribution in [-0.2, 0) is 14.4 Å². The lowest BCUT2D eigenvalue weighted by Gasteiger charge is -2.19. The summed E-state index contributed by atoms with van der Waals surface area (Å²) in [5.41, 5.74) is 0.547. The van der Waals surface area contributed by atoms with Crippen LogP contribution >= 0.6 is 11.6 Å². The average molecular weight is 450 g/mol. The maximum Gasteiger partial charge on any atom is 0.349 e. The van der Waals surface area contributed by atoms with Gasteiger partial charge in [0.05, 0.1) is 5.56 Å². The monoisotopic (exact) mass is 449 g/mol. The van der Waals surface area contributed by atoms with E-state index in [2.05, 4.69) is 4.99 Å². The molecule has 32 heavy (non-hydrogen) atoms. The van der Waals surface area contributed by atoms with E-state index in [1.807, 2.05) is 0 Å². The number of ketones is 1. The Balaban J connectivity index is 1.81. The van der Waals surface area contributed by atoms with Gasteiger partial charge in [0.2, 0.25) is 17.6 Å². The number of hydrogen-bond donors (Lipinski definition) is 0. The summed E-state index contributed by atoms with van der Waals surface area (Å²) in [7, 11) is 1.54. The van der Waals surface area contributed by atoms with Gasteiger partial charge >= 0.3 is 5.97 Å². The van der Waals surface area contributed by atoms with Gasteiger partial charge in [0, 0.05) is 25.2 Å². The van der Waals surface area contributed by atoms with E-state index in [1.165, 1.54) is 37.1 Å². The van der Waals surface area contributed by atoms with Crippen LogP contribution in [0.2, 0.25) is 5.02 Å². The Morgan fingerprint density at radius 3 is 2.47 bits per heavy atom. The Morgan fingerprint density at radius 1 is 1.06 bits per heavy atom. The van der Waals surface area contributed by atoms with Crippen LogP contribution < -0.4 is 4.74 Å². The number of aliphatic imine (C=N–C) groups is 1. The maximum absolute atomic E-state index is 13.2. The summed E-state index contributed by atoms with van der Waals surface area (Å²) in [4.78, 5) is 56.6. The van der Waals surface area contributed by atoms with Crippen molar-refractivity contribution < 1.29 is 23.9 Å². The molecule has 2 aromatic carbocycles. The molecule has 0 bridgehead atoms. The minimum atomic E-state index is -0.908. The van der Waals surface area contributed by atoms with Crippen LogP contribution in [0.5, 0.6) is 5.75 Å². The molecule has 2 heterocycles. The van der Waals surface area contributed by atoms with Gasteiger partial charge in [0.1, 0.15) is 17.0 Å². The van der Waals surface area contributed by atoms with Crippen LogP contribution in [0, 0.1) is 0 Å². The first-order valence-corrected chi connectivity index (χ1v) is 9.86. The van der Waals surface area contributed by atoms with Gasteiger partial charge in [-0.1, -0.05) is 41.9 Å². The van der Waals surface area contributed by atoms with Gasteiger partial charge in [-0.15, -0.1) is 0 Å². The number of carbonyl (C=O) groups excluding carboxylic acids is 4. The second kappa shape index (κ2) is 8.24. The molecule has 2 aliphatic rings. The van der Waals surface area contributed by atoms with Gasteiger partial charge in [-0.2, -0.15) is 4.99 Å². The number of likely N-dealkylation sites (N-methyl/N-ethyl adjacent to an activating group) is 1. The zero-order valence-electron chi connectivity index (χ0n) is 17.0. The molecule has 1 fully saturated rings. The van der Waals surface area contributed by atoms with E-state index in [0.29, 0.717) is 10.6 Å². The average Bonchev–Trinajstić information content (AvgIpc) is 2.96. The number of ether oxygens (including phenoxy) is 1. The number of carbonyl (C=O) groups is 4. The van der Waals surface area contributed by atoms with E-state index in [9.17, 15) is 19.2 Å². The van der Waals surface area contributed by atoms with E-state index in [1.54, 1.807) is 36.4 Å². The number of fused-ring (bicyclic) bond motifs is 1. The fourth-order valence-electron chi connectivity index (χ4n) is 3.29. The van der Waals surface area contributed by atoms with Crippen molar-refractivity contribution in [3.63, 3.8) is 0 Å². The second-order valence-electron chi connectivity index (χ2n) is 6.97.